The predicted molar refractivity (Wildman–Crippen MR) is 133 cm³/mol. The number of nitrogens with one attached hydrogen (secondary N) is 3. The molecule has 2 atom stereocenters. The summed E-state index contributed by atoms with van der Waals surface area (Å²) in [7, 11) is -1.25. The second-order valence-corrected chi connectivity index (χ2v) is 10.8. The Morgan fingerprint density at radius 3 is 2.33 bits per heavy atom. The lowest BCUT2D eigenvalue weighted by Crippen LogP contribution is -2.50. The highest BCUT2D eigenvalue weighted by Crippen LogP contribution is 2.17. The van der Waals surface area contributed by atoms with Crippen LogP contribution in [0.2, 0.25) is 0 Å². The van der Waals surface area contributed by atoms with Crippen molar-refractivity contribution < 1.29 is 13.2 Å². The standard InChI is InChI=1S/C20H39N5O3S.HI/c1-16(2)18(25-11-6-4-5-7-12-25)14-23-20(21-3)22-10-8-19(26)24-17-9-13-29(27,28)15-17;/h16-18H,4-15H2,1-3H3,(H,24,26)(H2,21,22,23);1H. The molecule has 2 aliphatic rings. The summed E-state index contributed by atoms with van der Waals surface area (Å²) < 4.78 is 23.0. The van der Waals surface area contributed by atoms with Gasteiger partial charge in [-0.1, -0.05) is 26.7 Å². The number of hydrogen-bond donors (Lipinski definition) is 3. The Kier molecular flexibility index (Phi) is 12.5. The third-order valence-electron chi connectivity index (χ3n) is 5.82. The molecule has 8 nitrogen and oxygen atoms in total. The largest absolute Gasteiger partial charge is 0.356 e. The van der Waals surface area contributed by atoms with Crippen LogP contribution in [0, 0.1) is 5.92 Å². The Bertz CT molecular complexity index is 649. The first-order valence-electron chi connectivity index (χ1n) is 11.0. The first-order chi connectivity index (χ1) is 13.8. The van der Waals surface area contributed by atoms with Crippen LogP contribution >= 0.6 is 24.0 Å². The molecular formula is C20H40IN5O3S. The van der Waals surface area contributed by atoms with Crippen LogP contribution in [0.5, 0.6) is 0 Å². The molecule has 2 aliphatic heterocycles. The number of sulfone groups is 1. The molecular weight excluding hydrogens is 517 g/mol. The van der Waals surface area contributed by atoms with Gasteiger partial charge in [-0.25, -0.2) is 8.42 Å². The maximum atomic E-state index is 12.1. The Hall–Kier alpha value is -0.620. The SMILES string of the molecule is CN=C(NCCC(=O)NC1CCS(=O)(=O)C1)NCC(C(C)C)N1CCCCCC1.I. The van der Waals surface area contributed by atoms with E-state index in [9.17, 15) is 13.2 Å². The molecule has 0 aliphatic carbocycles. The van der Waals surface area contributed by atoms with Gasteiger partial charge >= 0.3 is 0 Å². The van der Waals surface area contributed by atoms with Crippen LogP contribution in [0.15, 0.2) is 4.99 Å². The fourth-order valence-corrected chi connectivity index (χ4v) is 5.81. The first-order valence-corrected chi connectivity index (χ1v) is 12.8. The number of hydrogen-bond acceptors (Lipinski definition) is 5. The monoisotopic (exact) mass is 557 g/mol. The minimum atomic E-state index is -2.98. The normalized spacial score (nSPS) is 23.3. The average molecular weight is 558 g/mol. The molecule has 10 heteroatoms. The highest BCUT2D eigenvalue weighted by atomic mass is 127. The van der Waals surface area contributed by atoms with Crippen LogP contribution in [0.1, 0.15) is 52.4 Å². The highest BCUT2D eigenvalue weighted by molar-refractivity contribution is 14.0. The molecule has 0 saturated carbocycles. The third-order valence-corrected chi connectivity index (χ3v) is 7.59. The second-order valence-electron chi connectivity index (χ2n) is 8.56. The molecule has 0 aromatic rings. The van der Waals surface area contributed by atoms with Crippen molar-refractivity contribution in [2.75, 3.05) is 44.7 Å². The van der Waals surface area contributed by atoms with E-state index >= 15 is 0 Å². The van der Waals surface area contributed by atoms with Crippen LogP contribution in [-0.2, 0) is 14.6 Å². The molecule has 2 saturated heterocycles. The molecule has 2 fully saturated rings. The number of halogens is 1. The summed E-state index contributed by atoms with van der Waals surface area (Å²) >= 11 is 0. The van der Waals surface area contributed by atoms with E-state index in [4.69, 9.17) is 0 Å². The van der Waals surface area contributed by atoms with Gasteiger partial charge in [-0.15, -0.1) is 24.0 Å². The van der Waals surface area contributed by atoms with Crippen LogP contribution in [0.3, 0.4) is 0 Å². The Morgan fingerprint density at radius 2 is 1.80 bits per heavy atom. The Morgan fingerprint density at radius 1 is 1.13 bits per heavy atom. The molecule has 0 aromatic heterocycles. The molecule has 0 aromatic carbocycles. The van der Waals surface area contributed by atoms with E-state index in [1.807, 2.05) is 0 Å². The number of likely N-dealkylation sites (tertiary alicyclic amines) is 1. The first kappa shape index (κ1) is 27.4. The maximum Gasteiger partial charge on any atom is 0.222 e. The van der Waals surface area contributed by atoms with Crippen molar-refractivity contribution in [2.45, 2.75) is 64.5 Å². The average Bonchev–Trinajstić information content (AvgIpc) is 2.85. The summed E-state index contributed by atoms with van der Waals surface area (Å²) in [6.07, 6.45) is 6.00. The van der Waals surface area contributed by atoms with Crippen molar-refractivity contribution in [3.05, 3.63) is 0 Å². The van der Waals surface area contributed by atoms with E-state index in [1.165, 1.54) is 25.7 Å². The zero-order chi connectivity index (χ0) is 21.3. The van der Waals surface area contributed by atoms with Gasteiger partial charge in [-0.3, -0.25) is 14.7 Å². The number of guanidine groups is 1. The van der Waals surface area contributed by atoms with Crippen molar-refractivity contribution in [1.29, 1.82) is 0 Å². The van der Waals surface area contributed by atoms with Gasteiger partial charge in [0.15, 0.2) is 15.8 Å². The number of nitrogens with zero attached hydrogens (tertiary/aromatic N) is 2. The number of aliphatic imine (C=N–C) groups is 1. The fourth-order valence-electron chi connectivity index (χ4n) is 4.14. The summed E-state index contributed by atoms with van der Waals surface area (Å²) in [5.41, 5.74) is 0. The zero-order valence-corrected chi connectivity index (χ0v) is 21.8. The molecule has 30 heavy (non-hydrogen) atoms. The topological polar surface area (TPSA) is 103 Å². The fraction of sp³-hybridized carbons (Fsp3) is 0.900. The van der Waals surface area contributed by atoms with Gasteiger partial charge in [0.1, 0.15) is 0 Å². The lowest BCUT2D eigenvalue weighted by molar-refractivity contribution is -0.121. The number of amides is 1. The van der Waals surface area contributed by atoms with Gasteiger partial charge in [-0.05, 0) is 38.3 Å². The second kappa shape index (κ2) is 13.7. The van der Waals surface area contributed by atoms with E-state index in [0.717, 1.165) is 19.6 Å². The van der Waals surface area contributed by atoms with Gasteiger partial charge < -0.3 is 16.0 Å². The summed E-state index contributed by atoms with van der Waals surface area (Å²) in [6, 6.07) is 0.213. The van der Waals surface area contributed by atoms with Crippen LogP contribution in [0.4, 0.5) is 0 Å². The minimum absolute atomic E-state index is 0. The zero-order valence-electron chi connectivity index (χ0n) is 18.7. The lowest BCUT2D eigenvalue weighted by Gasteiger charge is -2.34. The van der Waals surface area contributed by atoms with Crippen molar-refractivity contribution >= 4 is 45.7 Å². The molecule has 2 heterocycles. The van der Waals surface area contributed by atoms with Gasteiger partial charge in [0.05, 0.1) is 11.5 Å². The molecule has 2 rings (SSSR count). The van der Waals surface area contributed by atoms with Crippen LogP contribution < -0.4 is 16.0 Å². The summed E-state index contributed by atoms with van der Waals surface area (Å²) in [5.74, 6) is 1.34. The van der Waals surface area contributed by atoms with Gasteiger partial charge in [0, 0.05) is 38.6 Å². The molecule has 0 bridgehead atoms. The molecule has 3 N–H and O–H groups in total. The summed E-state index contributed by atoms with van der Waals surface area (Å²) in [4.78, 5) is 18.9. The number of carbonyl (C=O) groups is 1. The highest BCUT2D eigenvalue weighted by Gasteiger charge is 2.28. The quantitative estimate of drug-likeness (QED) is 0.237. The van der Waals surface area contributed by atoms with Crippen molar-refractivity contribution in [2.24, 2.45) is 10.9 Å². The van der Waals surface area contributed by atoms with Crippen molar-refractivity contribution in [1.82, 2.24) is 20.9 Å². The summed E-state index contributed by atoms with van der Waals surface area (Å²) in [5, 5.41) is 9.42. The van der Waals surface area contributed by atoms with Gasteiger partial charge in [0.2, 0.25) is 5.91 Å². The molecule has 176 valence electrons. The Balaban J connectivity index is 0.00000450. The van der Waals surface area contributed by atoms with E-state index in [2.05, 4.69) is 39.7 Å². The van der Waals surface area contributed by atoms with E-state index < -0.39 is 9.84 Å². The van der Waals surface area contributed by atoms with Gasteiger partial charge in [0.25, 0.3) is 0 Å². The lowest BCUT2D eigenvalue weighted by atomic mass is 10.0. The minimum Gasteiger partial charge on any atom is -0.356 e. The summed E-state index contributed by atoms with van der Waals surface area (Å²) in [6.45, 7) is 8.13. The van der Waals surface area contributed by atoms with Crippen LogP contribution in [0.25, 0.3) is 0 Å². The Labute approximate surface area is 199 Å². The van der Waals surface area contributed by atoms with E-state index in [-0.39, 0.29) is 53.9 Å². The molecule has 0 spiro atoms. The third kappa shape index (κ3) is 9.67. The smallest absolute Gasteiger partial charge is 0.222 e. The predicted octanol–water partition coefficient (Wildman–Crippen LogP) is 1.36. The van der Waals surface area contributed by atoms with Gasteiger partial charge in [-0.2, -0.15) is 0 Å². The number of rotatable bonds is 8. The van der Waals surface area contributed by atoms with Crippen LogP contribution in [-0.4, -0.2) is 82.0 Å². The molecule has 0 radical (unpaired) electrons. The molecule has 2 unspecified atom stereocenters. The molecule has 1 amide bonds. The van der Waals surface area contributed by atoms with Crippen molar-refractivity contribution in [3.8, 4) is 0 Å². The van der Waals surface area contributed by atoms with E-state index in [0.29, 0.717) is 30.9 Å². The van der Waals surface area contributed by atoms with E-state index in [1.54, 1.807) is 7.05 Å². The maximum absolute atomic E-state index is 12.1. The van der Waals surface area contributed by atoms with Crippen molar-refractivity contribution in [3.63, 3.8) is 0 Å². The number of carbonyl (C=O) groups excluding carboxylic acids is 1.